The number of amides is 1. The highest BCUT2D eigenvalue weighted by atomic mass is 32.2. The van der Waals surface area contributed by atoms with Crippen molar-refractivity contribution in [2.24, 2.45) is 0 Å². The number of carbonyl (C=O) groups excluding carboxylic acids is 1. The molecule has 1 amide bonds. The van der Waals surface area contributed by atoms with Gasteiger partial charge in [-0.05, 0) is 43.2 Å². The molecule has 32 heavy (non-hydrogen) atoms. The Kier molecular flexibility index (Phi) is 7.20. The Morgan fingerprint density at radius 1 is 1.12 bits per heavy atom. The average Bonchev–Trinajstić information content (AvgIpc) is 3.10. The summed E-state index contributed by atoms with van der Waals surface area (Å²) in [5, 5.41) is 12.8. The van der Waals surface area contributed by atoms with Crippen LogP contribution in [0.3, 0.4) is 0 Å². The van der Waals surface area contributed by atoms with E-state index in [9.17, 15) is 4.79 Å². The lowest BCUT2D eigenvalue weighted by molar-refractivity contribution is 0.0757. The minimum Gasteiger partial charge on any atom is -0.338 e. The zero-order valence-corrected chi connectivity index (χ0v) is 18.8. The fourth-order valence-corrected chi connectivity index (χ4v) is 4.63. The maximum Gasteiger partial charge on any atom is 0.255 e. The second-order valence-electron chi connectivity index (χ2n) is 7.75. The highest BCUT2D eigenvalue weighted by Crippen LogP contribution is 2.27. The number of nitrogens with zero attached hydrogens (tertiary/aromatic N) is 5. The number of hydrogen-bond donors (Lipinski definition) is 0. The van der Waals surface area contributed by atoms with Crippen LogP contribution in [0.2, 0.25) is 0 Å². The molecule has 1 aliphatic heterocycles. The largest absolute Gasteiger partial charge is 0.338 e. The predicted molar refractivity (Wildman–Crippen MR) is 122 cm³/mol. The molecule has 4 rings (SSSR count). The average molecular weight is 448 g/mol. The van der Waals surface area contributed by atoms with Crippen LogP contribution in [0.25, 0.3) is 0 Å². The molecule has 0 bridgehead atoms. The molecule has 0 radical (unpaired) electrons. The Hall–Kier alpha value is -3.15. The number of hydrogen-bond acceptors (Lipinski definition) is 7. The number of carbonyl (C=O) groups is 1. The van der Waals surface area contributed by atoms with Crippen molar-refractivity contribution in [2.45, 2.75) is 30.5 Å². The summed E-state index contributed by atoms with van der Waals surface area (Å²) in [5.74, 6) is 1.77. The number of benzene rings is 2. The van der Waals surface area contributed by atoms with E-state index in [4.69, 9.17) is 9.78 Å². The van der Waals surface area contributed by atoms with Crippen LogP contribution in [-0.2, 0) is 12.3 Å². The van der Waals surface area contributed by atoms with Crippen LogP contribution in [0, 0.1) is 18.3 Å². The van der Waals surface area contributed by atoms with Crippen molar-refractivity contribution >= 4 is 17.7 Å². The summed E-state index contributed by atoms with van der Waals surface area (Å²) in [6.07, 6.45) is 0.929. The van der Waals surface area contributed by atoms with Gasteiger partial charge in [0.1, 0.15) is 0 Å². The first-order valence-corrected chi connectivity index (χ1v) is 11.6. The maximum absolute atomic E-state index is 13.3. The first-order valence-electron chi connectivity index (χ1n) is 10.6. The lowest BCUT2D eigenvalue weighted by atomic mass is 10.1. The third-order valence-electron chi connectivity index (χ3n) is 5.40. The smallest absolute Gasteiger partial charge is 0.255 e. The molecule has 0 aliphatic carbocycles. The third kappa shape index (κ3) is 5.55. The molecule has 2 aromatic carbocycles. The molecule has 1 aliphatic rings. The molecule has 1 aromatic heterocycles. The van der Waals surface area contributed by atoms with Crippen molar-refractivity contribution in [1.82, 2.24) is 19.9 Å². The van der Waals surface area contributed by atoms with Crippen LogP contribution in [-0.4, -0.2) is 52.0 Å². The van der Waals surface area contributed by atoms with Crippen LogP contribution < -0.4 is 0 Å². The van der Waals surface area contributed by atoms with Crippen LogP contribution in [0.1, 0.15) is 39.6 Å². The van der Waals surface area contributed by atoms with Gasteiger partial charge in [-0.25, -0.2) is 0 Å². The Morgan fingerprint density at radius 3 is 2.69 bits per heavy atom. The first-order chi connectivity index (χ1) is 15.6. The molecule has 3 aromatic rings. The van der Waals surface area contributed by atoms with Gasteiger partial charge in [-0.15, -0.1) is 11.8 Å². The molecule has 0 atom stereocenters. The highest BCUT2D eigenvalue weighted by Gasteiger charge is 2.22. The van der Waals surface area contributed by atoms with Crippen molar-refractivity contribution < 1.29 is 9.32 Å². The lowest BCUT2D eigenvalue weighted by Crippen LogP contribution is -2.35. The van der Waals surface area contributed by atoms with E-state index < -0.39 is 0 Å². The van der Waals surface area contributed by atoms with E-state index in [-0.39, 0.29) is 5.91 Å². The third-order valence-corrected chi connectivity index (χ3v) is 6.46. The summed E-state index contributed by atoms with van der Waals surface area (Å²) in [4.78, 5) is 22.8. The quantitative estimate of drug-likeness (QED) is 0.530. The molecule has 8 heteroatoms. The van der Waals surface area contributed by atoms with Crippen molar-refractivity contribution in [3.63, 3.8) is 0 Å². The van der Waals surface area contributed by atoms with E-state index in [0.29, 0.717) is 35.1 Å². The van der Waals surface area contributed by atoms with Gasteiger partial charge in [-0.1, -0.05) is 29.4 Å². The molecular weight excluding hydrogens is 422 g/mol. The van der Waals surface area contributed by atoms with Gasteiger partial charge < -0.3 is 9.42 Å². The van der Waals surface area contributed by atoms with E-state index in [1.807, 2.05) is 53.4 Å². The number of nitriles is 1. The van der Waals surface area contributed by atoms with E-state index in [2.05, 4.69) is 21.1 Å². The van der Waals surface area contributed by atoms with Gasteiger partial charge in [0, 0.05) is 37.6 Å². The summed E-state index contributed by atoms with van der Waals surface area (Å²) in [6, 6.07) is 17.6. The van der Waals surface area contributed by atoms with Crippen molar-refractivity contribution in [3.05, 3.63) is 76.9 Å². The number of aromatic nitrogens is 2. The van der Waals surface area contributed by atoms with Gasteiger partial charge in [0.15, 0.2) is 5.82 Å². The number of thioether (sulfide) groups is 1. The first kappa shape index (κ1) is 22.1. The summed E-state index contributed by atoms with van der Waals surface area (Å²) in [6.45, 7) is 5.81. The fourth-order valence-electron chi connectivity index (χ4n) is 3.75. The van der Waals surface area contributed by atoms with Crippen LogP contribution in [0.4, 0.5) is 0 Å². The molecule has 0 spiro atoms. The SMILES string of the molecule is Cc1noc(CSc2ccccc2C(=O)N2CCCN(Cc3ccc(C#N)cc3)CC2)n1. The molecule has 2 heterocycles. The van der Waals surface area contributed by atoms with Gasteiger partial charge in [-0.3, -0.25) is 9.69 Å². The predicted octanol–water partition coefficient (Wildman–Crippen LogP) is 3.89. The minimum absolute atomic E-state index is 0.0648. The number of rotatable bonds is 6. The molecule has 0 N–H and O–H groups in total. The highest BCUT2D eigenvalue weighted by molar-refractivity contribution is 7.98. The Bertz CT molecular complexity index is 1110. The molecule has 164 valence electrons. The normalized spacial score (nSPS) is 14.7. The molecular formula is C24H25N5O2S. The standard InChI is InChI=1S/C24H25N5O2S/c1-18-26-23(31-27-18)17-32-22-6-3-2-5-21(22)24(30)29-12-4-11-28(13-14-29)16-20-9-7-19(15-25)8-10-20/h2-3,5-10H,4,11-14,16-17H2,1H3. The zero-order valence-electron chi connectivity index (χ0n) is 18.0. The van der Waals surface area contributed by atoms with E-state index in [0.717, 1.165) is 37.5 Å². The molecule has 1 saturated heterocycles. The van der Waals surface area contributed by atoms with Gasteiger partial charge in [0.25, 0.3) is 5.91 Å². The van der Waals surface area contributed by atoms with Crippen molar-refractivity contribution in [2.75, 3.05) is 26.2 Å². The van der Waals surface area contributed by atoms with Crippen LogP contribution in [0.15, 0.2) is 57.9 Å². The van der Waals surface area contributed by atoms with Gasteiger partial charge in [0.05, 0.1) is 22.9 Å². The number of aryl methyl sites for hydroxylation is 1. The van der Waals surface area contributed by atoms with Crippen molar-refractivity contribution in [1.29, 1.82) is 5.26 Å². The van der Waals surface area contributed by atoms with E-state index in [1.165, 1.54) is 17.3 Å². The van der Waals surface area contributed by atoms with Crippen LogP contribution >= 0.6 is 11.8 Å². The topological polar surface area (TPSA) is 86.3 Å². The van der Waals surface area contributed by atoms with Crippen LogP contribution in [0.5, 0.6) is 0 Å². The maximum atomic E-state index is 13.3. The summed E-state index contributed by atoms with van der Waals surface area (Å²) < 4.78 is 5.19. The zero-order chi connectivity index (χ0) is 22.3. The lowest BCUT2D eigenvalue weighted by Gasteiger charge is -2.23. The molecule has 0 saturated carbocycles. The fraction of sp³-hybridized carbons (Fsp3) is 0.333. The molecule has 0 unspecified atom stereocenters. The summed E-state index contributed by atoms with van der Waals surface area (Å²) >= 11 is 1.54. The van der Waals surface area contributed by atoms with Gasteiger partial charge in [0.2, 0.25) is 5.89 Å². The van der Waals surface area contributed by atoms with Gasteiger partial charge >= 0.3 is 0 Å². The Balaban J connectivity index is 1.37. The monoisotopic (exact) mass is 447 g/mol. The Morgan fingerprint density at radius 2 is 1.94 bits per heavy atom. The summed E-state index contributed by atoms with van der Waals surface area (Å²) in [5.41, 5.74) is 2.57. The van der Waals surface area contributed by atoms with Crippen molar-refractivity contribution in [3.8, 4) is 6.07 Å². The minimum atomic E-state index is 0.0648. The molecule has 1 fully saturated rings. The summed E-state index contributed by atoms with van der Waals surface area (Å²) in [7, 11) is 0. The van der Waals surface area contributed by atoms with E-state index in [1.54, 1.807) is 6.92 Å². The second kappa shape index (κ2) is 10.4. The Labute approximate surface area is 192 Å². The second-order valence-corrected chi connectivity index (χ2v) is 8.77. The molecule has 7 nitrogen and oxygen atoms in total. The van der Waals surface area contributed by atoms with Gasteiger partial charge in [-0.2, -0.15) is 10.2 Å². The van der Waals surface area contributed by atoms with E-state index >= 15 is 0 Å².